The van der Waals surface area contributed by atoms with E-state index in [1.807, 2.05) is 0 Å². The van der Waals surface area contributed by atoms with Crippen LogP contribution in [0, 0.1) is 0 Å². The Morgan fingerprint density at radius 2 is 0.809 bits per heavy atom. The molecule has 0 N–H and O–H groups in total. The molecule has 0 fully saturated rings. The predicted molar refractivity (Wildman–Crippen MR) is 202 cm³/mol. The van der Waals surface area contributed by atoms with E-state index >= 15 is 0 Å². The minimum absolute atomic E-state index is 1.18. The zero-order valence-corrected chi connectivity index (χ0v) is 25.7. The van der Waals surface area contributed by atoms with E-state index in [2.05, 4.69) is 180 Å². The summed E-state index contributed by atoms with van der Waals surface area (Å²) >= 11 is 0. The lowest BCUT2D eigenvalue weighted by Gasteiger charge is -2.14. The number of fused-ring (bicyclic) bond motifs is 11. The maximum Gasteiger partial charge on any atom is 0.0619 e. The molecule has 1 aromatic heterocycles. The number of hydrogen-bond donors (Lipinski definition) is 0. The molecular formula is C46H29N. The summed E-state index contributed by atoms with van der Waals surface area (Å²) in [6.07, 6.45) is 0. The second-order valence-electron chi connectivity index (χ2n) is 12.5. The number of benzene rings is 9. The molecule has 9 aromatic carbocycles. The Balaban J connectivity index is 1.21. The summed E-state index contributed by atoms with van der Waals surface area (Å²) in [6.45, 7) is 0. The van der Waals surface area contributed by atoms with Gasteiger partial charge in [0.2, 0.25) is 0 Å². The Morgan fingerprint density at radius 1 is 0.277 bits per heavy atom. The normalized spacial score (nSPS) is 11.8. The molecule has 0 aliphatic rings. The Bertz CT molecular complexity index is 2800. The molecule has 0 aliphatic carbocycles. The van der Waals surface area contributed by atoms with E-state index < -0.39 is 0 Å². The average molecular weight is 596 g/mol. The van der Waals surface area contributed by atoms with Crippen LogP contribution in [0.4, 0.5) is 0 Å². The maximum atomic E-state index is 2.43. The molecule has 10 aromatic rings. The lowest BCUT2D eigenvalue weighted by Crippen LogP contribution is -1.94. The molecule has 0 atom stereocenters. The van der Waals surface area contributed by atoms with Crippen LogP contribution in [0.1, 0.15) is 0 Å². The van der Waals surface area contributed by atoms with Crippen LogP contribution in [0.15, 0.2) is 176 Å². The van der Waals surface area contributed by atoms with Crippen molar-refractivity contribution in [1.82, 2.24) is 4.57 Å². The van der Waals surface area contributed by atoms with Gasteiger partial charge in [0.1, 0.15) is 0 Å². The van der Waals surface area contributed by atoms with Crippen molar-refractivity contribution in [3.05, 3.63) is 176 Å². The Labute approximate surface area is 272 Å². The Kier molecular flexibility index (Phi) is 5.64. The van der Waals surface area contributed by atoms with Gasteiger partial charge in [0.05, 0.1) is 11.0 Å². The highest BCUT2D eigenvalue weighted by atomic mass is 15.0. The molecule has 0 spiro atoms. The predicted octanol–water partition coefficient (Wildman–Crippen LogP) is 12.7. The maximum absolute atomic E-state index is 2.43. The number of nitrogens with zero attached hydrogens (tertiary/aromatic N) is 1. The summed E-state index contributed by atoms with van der Waals surface area (Å²) in [7, 11) is 0. The fraction of sp³-hybridized carbons (Fsp3) is 0. The van der Waals surface area contributed by atoms with Crippen molar-refractivity contribution in [2.24, 2.45) is 0 Å². The zero-order chi connectivity index (χ0) is 30.9. The van der Waals surface area contributed by atoms with Crippen LogP contribution in [0.5, 0.6) is 0 Å². The van der Waals surface area contributed by atoms with Gasteiger partial charge in [0, 0.05) is 21.8 Å². The smallest absolute Gasteiger partial charge is 0.0619 e. The SMILES string of the molecule is c1ccc(-n2c3ccccc3c3cc(-c4cccc(-c5ccc6c7ccccc7c7ccccc7c6c5)c4)c4ccccc4c32)cc1. The first-order valence-corrected chi connectivity index (χ1v) is 16.3. The van der Waals surface area contributed by atoms with Gasteiger partial charge in [-0.25, -0.2) is 0 Å². The van der Waals surface area contributed by atoms with Crippen molar-refractivity contribution in [1.29, 1.82) is 0 Å². The minimum atomic E-state index is 1.18. The number of hydrogen-bond acceptors (Lipinski definition) is 0. The van der Waals surface area contributed by atoms with Crippen LogP contribution in [0.3, 0.4) is 0 Å². The molecule has 218 valence electrons. The van der Waals surface area contributed by atoms with Crippen molar-refractivity contribution in [2.45, 2.75) is 0 Å². The molecule has 0 bridgehead atoms. The van der Waals surface area contributed by atoms with Crippen molar-refractivity contribution in [3.63, 3.8) is 0 Å². The van der Waals surface area contributed by atoms with Gasteiger partial charge in [0.15, 0.2) is 0 Å². The average Bonchev–Trinajstić information content (AvgIpc) is 3.49. The van der Waals surface area contributed by atoms with Gasteiger partial charge in [-0.05, 0) is 96.4 Å². The third-order valence-corrected chi connectivity index (χ3v) is 9.94. The first-order valence-electron chi connectivity index (χ1n) is 16.3. The van der Waals surface area contributed by atoms with Crippen LogP contribution in [-0.4, -0.2) is 4.57 Å². The van der Waals surface area contributed by atoms with E-state index in [-0.39, 0.29) is 0 Å². The van der Waals surface area contributed by atoms with Crippen LogP contribution in [-0.2, 0) is 0 Å². The standard InChI is InChI=1S/C46H29N/c1-2-15-33(16-3-1)47-45-24-11-10-22-40(45)44-29-42(38-21-8-9-23-41(38)46(44)47)32-14-12-13-30(27-32)31-25-26-39-36-19-5-4-17-34(36)35-18-6-7-20-37(35)43(39)28-31/h1-29H. The first kappa shape index (κ1) is 26.1. The summed E-state index contributed by atoms with van der Waals surface area (Å²) in [5, 5.41) is 12.9. The lowest BCUT2D eigenvalue weighted by atomic mass is 9.90. The molecular weight excluding hydrogens is 567 g/mol. The van der Waals surface area contributed by atoms with Crippen molar-refractivity contribution in [2.75, 3.05) is 0 Å². The summed E-state index contributed by atoms with van der Waals surface area (Å²) in [4.78, 5) is 0. The highest BCUT2D eigenvalue weighted by Gasteiger charge is 2.18. The van der Waals surface area contributed by atoms with E-state index in [9.17, 15) is 0 Å². The fourth-order valence-electron chi connectivity index (χ4n) is 7.86. The fourth-order valence-corrected chi connectivity index (χ4v) is 7.86. The van der Waals surface area contributed by atoms with Gasteiger partial charge < -0.3 is 4.57 Å². The highest BCUT2D eigenvalue weighted by molar-refractivity contribution is 6.26. The largest absolute Gasteiger partial charge is 0.309 e. The summed E-state index contributed by atoms with van der Waals surface area (Å²) in [6, 6.07) is 64.5. The molecule has 1 nitrogen and oxygen atoms in total. The first-order chi connectivity index (χ1) is 23.3. The van der Waals surface area contributed by atoms with Gasteiger partial charge in [-0.2, -0.15) is 0 Å². The molecule has 10 rings (SSSR count). The van der Waals surface area contributed by atoms with Crippen LogP contribution in [0.2, 0.25) is 0 Å². The zero-order valence-electron chi connectivity index (χ0n) is 25.7. The molecule has 47 heavy (non-hydrogen) atoms. The van der Waals surface area contributed by atoms with Crippen LogP contribution in [0.25, 0.3) is 92.8 Å². The van der Waals surface area contributed by atoms with Gasteiger partial charge in [-0.1, -0.05) is 140 Å². The van der Waals surface area contributed by atoms with Gasteiger partial charge in [-0.3, -0.25) is 0 Å². The summed E-state index contributed by atoms with van der Waals surface area (Å²) in [5.74, 6) is 0. The summed E-state index contributed by atoms with van der Waals surface area (Å²) in [5.41, 5.74) is 8.57. The van der Waals surface area contributed by atoms with Crippen LogP contribution >= 0.6 is 0 Å². The van der Waals surface area contributed by atoms with Crippen LogP contribution < -0.4 is 0 Å². The summed E-state index contributed by atoms with van der Waals surface area (Å²) < 4.78 is 2.43. The number of aromatic nitrogens is 1. The van der Waals surface area contributed by atoms with E-state index in [0.717, 1.165) is 0 Å². The Hall–Kier alpha value is -6.18. The number of para-hydroxylation sites is 2. The Morgan fingerprint density at radius 3 is 1.53 bits per heavy atom. The third kappa shape index (κ3) is 3.90. The number of rotatable bonds is 3. The second kappa shape index (κ2) is 10.2. The molecule has 0 radical (unpaired) electrons. The molecule has 0 saturated heterocycles. The second-order valence-corrected chi connectivity index (χ2v) is 12.5. The molecule has 1 heteroatoms. The molecule has 0 amide bonds. The monoisotopic (exact) mass is 595 g/mol. The molecule has 0 unspecified atom stereocenters. The van der Waals surface area contributed by atoms with Gasteiger partial charge >= 0.3 is 0 Å². The van der Waals surface area contributed by atoms with E-state index in [1.165, 1.54) is 92.8 Å². The minimum Gasteiger partial charge on any atom is -0.309 e. The highest BCUT2D eigenvalue weighted by Crippen LogP contribution is 2.42. The topological polar surface area (TPSA) is 4.93 Å². The van der Waals surface area contributed by atoms with E-state index in [0.29, 0.717) is 0 Å². The van der Waals surface area contributed by atoms with Crippen molar-refractivity contribution in [3.8, 4) is 27.9 Å². The van der Waals surface area contributed by atoms with E-state index in [1.54, 1.807) is 0 Å². The van der Waals surface area contributed by atoms with Crippen molar-refractivity contribution >= 4 is 64.9 Å². The molecule has 1 heterocycles. The lowest BCUT2D eigenvalue weighted by molar-refractivity contribution is 1.19. The van der Waals surface area contributed by atoms with Gasteiger partial charge in [-0.15, -0.1) is 0 Å². The third-order valence-electron chi connectivity index (χ3n) is 9.94. The van der Waals surface area contributed by atoms with Crippen molar-refractivity contribution < 1.29 is 0 Å². The van der Waals surface area contributed by atoms with E-state index in [4.69, 9.17) is 0 Å². The molecule has 0 saturated carbocycles. The van der Waals surface area contributed by atoms with Gasteiger partial charge in [0.25, 0.3) is 0 Å². The molecule has 0 aliphatic heterocycles. The quantitative estimate of drug-likeness (QED) is 0.179.